The van der Waals surface area contributed by atoms with Gasteiger partial charge in [-0.25, -0.2) is 5.84 Å². The fourth-order valence-corrected chi connectivity index (χ4v) is 2.06. The highest BCUT2D eigenvalue weighted by Crippen LogP contribution is 2.26. The summed E-state index contributed by atoms with van der Waals surface area (Å²) < 4.78 is 0. The van der Waals surface area contributed by atoms with Crippen molar-refractivity contribution in [2.75, 3.05) is 11.6 Å². The van der Waals surface area contributed by atoms with Crippen LogP contribution in [0.2, 0.25) is 5.02 Å². The number of anilines is 1. The first-order valence-corrected chi connectivity index (χ1v) is 6.78. The first kappa shape index (κ1) is 15.2. The zero-order valence-electron chi connectivity index (χ0n) is 11.8. The van der Waals surface area contributed by atoms with Gasteiger partial charge < -0.3 is 11.1 Å². The van der Waals surface area contributed by atoms with E-state index in [1.165, 1.54) is 5.01 Å². The fourth-order valence-electron chi connectivity index (χ4n) is 1.88. The summed E-state index contributed by atoms with van der Waals surface area (Å²) in [6.07, 6.45) is 5.08. The molecule has 110 valence electrons. The molecule has 1 aromatic carbocycles. The Morgan fingerprint density at radius 3 is 2.95 bits per heavy atom. The number of allylic oxidation sites excluding steroid dienone is 1. The number of nitrogens with one attached hydrogen (secondary N) is 1. The zero-order valence-corrected chi connectivity index (χ0v) is 12.6. The molecule has 0 bridgehead atoms. The molecule has 0 unspecified atom stereocenters. The van der Waals surface area contributed by atoms with Gasteiger partial charge in [0.1, 0.15) is 0 Å². The number of rotatable bonds is 5. The molecular weight excluding hydrogens is 286 g/mol. The summed E-state index contributed by atoms with van der Waals surface area (Å²) in [6.45, 7) is 6.10. The quantitative estimate of drug-likeness (QED) is 0.584. The van der Waals surface area contributed by atoms with Gasteiger partial charge >= 0.3 is 0 Å². The van der Waals surface area contributed by atoms with E-state index in [4.69, 9.17) is 23.2 Å². The van der Waals surface area contributed by atoms with Gasteiger partial charge in [0.2, 0.25) is 0 Å². The Labute approximate surface area is 128 Å². The van der Waals surface area contributed by atoms with Crippen LogP contribution in [0, 0.1) is 0 Å². The van der Waals surface area contributed by atoms with Crippen molar-refractivity contribution in [2.45, 2.75) is 6.92 Å². The molecule has 0 spiro atoms. The molecule has 0 saturated heterocycles. The van der Waals surface area contributed by atoms with Gasteiger partial charge in [-0.3, -0.25) is 9.99 Å². The van der Waals surface area contributed by atoms with Crippen LogP contribution in [0.1, 0.15) is 6.92 Å². The van der Waals surface area contributed by atoms with E-state index in [-0.39, 0.29) is 0 Å². The Morgan fingerprint density at radius 2 is 2.24 bits per heavy atom. The molecule has 1 heterocycles. The molecule has 1 aromatic heterocycles. The third-order valence-electron chi connectivity index (χ3n) is 2.88. The van der Waals surface area contributed by atoms with Crippen molar-refractivity contribution in [1.82, 2.24) is 10.3 Å². The molecule has 0 aliphatic rings. The van der Waals surface area contributed by atoms with Gasteiger partial charge in [0.05, 0.1) is 18.4 Å². The van der Waals surface area contributed by atoms with Crippen molar-refractivity contribution in [1.29, 1.82) is 0 Å². The zero-order chi connectivity index (χ0) is 15.4. The van der Waals surface area contributed by atoms with Crippen LogP contribution in [-0.4, -0.2) is 11.5 Å². The normalized spacial score (nSPS) is 11.5. The highest BCUT2D eigenvalue weighted by atomic mass is 35.5. The van der Waals surface area contributed by atoms with Crippen molar-refractivity contribution >= 4 is 28.1 Å². The Morgan fingerprint density at radius 1 is 1.48 bits per heavy atom. The van der Waals surface area contributed by atoms with Crippen LogP contribution in [0.4, 0.5) is 5.69 Å². The number of pyridine rings is 1. The maximum absolute atomic E-state index is 6.06. The minimum atomic E-state index is 0.479. The Bertz CT molecular complexity index is 696. The van der Waals surface area contributed by atoms with Crippen LogP contribution in [0.5, 0.6) is 0 Å². The van der Waals surface area contributed by atoms with Gasteiger partial charge in [-0.05, 0) is 19.1 Å². The van der Waals surface area contributed by atoms with E-state index in [0.29, 0.717) is 17.3 Å². The van der Waals surface area contributed by atoms with Gasteiger partial charge in [-0.2, -0.15) is 0 Å². The van der Waals surface area contributed by atoms with Crippen molar-refractivity contribution < 1.29 is 0 Å². The monoisotopic (exact) mass is 303 g/mol. The van der Waals surface area contributed by atoms with Gasteiger partial charge in [0.25, 0.3) is 0 Å². The van der Waals surface area contributed by atoms with Crippen LogP contribution >= 0.6 is 11.6 Å². The highest BCUT2D eigenvalue weighted by Gasteiger charge is 2.06. The summed E-state index contributed by atoms with van der Waals surface area (Å²) >= 11 is 5.98. The number of benzene rings is 1. The standard InChI is InChI=1S/C15H18ClN5/c1-10(2)20-7-13(17)9-21(18)15-8-19-6-11-5-12(16)3-4-14(11)15/h3-6,8-9,20H,1,7,17-18H2,2H3/b13-9-. The molecule has 6 heteroatoms. The van der Waals surface area contributed by atoms with E-state index in [1.807, 2.05) is 25.1 Å². The maximum atomic E-state index is 6.06. The van der Waals surface area contributed by atoms with E-state index >= 15 is 0 Å². The lowest BCUT2D eigenvalue weighted by Gasteiger charge is -2.17. The molecule has 0 fully saturated rings. The molecule has 0 radical (unpaired) electrons. The smallest absolute Gasteiger partial charge is 0.0830 e. The fraction of sp³-hybridized carbons (Fsp3) is 0.133. The molecule has 5 nitrogen and oxygen atoms in total. The second-order valence-electron chi connectivity index (χ2n) is 4.77. The molecule has 0 aliphatic carbocycles. The van der Waals surface area contributed by atoms with E-state index in [1.54, 1.807) is 18.6 Å². The molecule has 2 rings (SSSR count). The number of halogens is 1. The maximum Gasteiger partial charge on any atom is 0.0830 e. The van der Waals surface area contributed by atoms with E-state index < -0.39 is 0 Å². The number of fused-ring (bicyclic) bond motifs is 1. The largest absolute Gasteiger partial charge is 0.399 e. The average molecular weight is 304 g/mol. The molecule has 5 N–H and O–H groups in total. The third-order valence-corrected chi connectivity index (χ3v) is 3.11. The number of hydrogen-bond donors (Lipinski definition) is 3. The summed E-state index contributed by atoms with van der Waals surface area (Å²) in [4.78, 5) is 4.18. The van der Waals surface area contributed by atoms with Crippen LogP contribution in [0.15, 0.2) is 54.8 Å². The molecule has 0 amide bonds. The van der Waals surface area contributed by atoms with Crippen molar-refractivity contribution in [2.24, 2.45) is 11.6 Å². The Hall–Kier alpha value is -2.24. The summed E-state index contributed by atoms with van der Waals surface area (Å²) in [5.41, 5.74) is 8.11. The van der Waals surface area contributed by atoms with Crippen LogP contribution in [0.3, 0.4) is 0 Å². The lowest BCUT2D eigenvalue weighted by atomic mass is 10.1. The summed E-state index contributed by atoms with van der Waals surface area (Å²) in [5.74, 6) is 6.06. The molecular formula is C15H18ClN5. The predicted molar refractivity (Wildman–Crippen MR) is 88.5 cm³/mol. The van der Waals surface area contributed by atoms with Gasteiger partial charge in [-0.1, -0.05) is 24.2 Å². The molecule has 0 aliphatic heterocycles. The topological polar surface area (TPSA) is 80.2 Å². The molecule has 21 heavy (non-hydrogen) atoms. The number of nitrogens with zero attached hydrogens (tertiary/aromatic N) is 2. The van der Waals surface area contributed by atoms with Gasteiger partial charge in [0, 0.05) is 39.6 Å². The first-order chi connectivity index (χ1) is 9.97. The average Bonchev–Trinajstić information content (AvgIpc) is 2.44. The van der Waals surface area contributed by atoms with Crippen molar-refractivity contribution in [3.05, 3.63) is 59.8 Å². The van der Waals surface area contributed by atoms with Crippen LogP contribution in [0.25, 0.3) is 10.8 Å². The predicted octanol–water partition coefficient (Wildman–Crippen LogP) is 2.49. The van der Waals surface area contributed by atoms with E-state index in [2.05, 4.69) is 16.9 Å². The molecule has 0 atom stereocenters. The number of nitrogens with two attached hydrogens (primary N) is 2. The summed E-state index contributed by atoms with van der Waals surface area (Å²) in [7, 11) is 0. The molecule has 0 saturated carbocycles. The van der Waals surface area contributed by atoms with Crippen molar-refractivity contribution in [3.63, 3.8) is 0 Å². The lowest BCUT2D eigenvalue weighted by Crippen LogP contribution is -2.28. The number of hydrazine groups is 1. The number of hydrogen-bond acceptors (Lipinski definition) is 5. The van der Waals surface area contributed by atoms with Gasteiger partial charge in [-0.15, -0.1) is 0 Å². The first-order valence-electron chi connectivity index (χ1n) is 6.40. The second kappa shape index (κ2) is 6.47. The SMILES string of the molecule is C=C(C)NC/C(N)=C/N(N)c1cncc2cc(Cl)ccc12. The summed E-state index contributed by atoms with van der Waals surface area (Å²) in [5, 5.41) is 7.03. The molecule has 2 aromatic rings. The Kier molecular flexibility index (Phi) is 4.67. The van der Waals surface area contributed by atoms with E-state index in [9.17, 15) is 0 Å². The number of aromatic nitrogens is 1. The minimum Gasteiger partial charge on any atom is -0.399 e. The summed E-state index contributed by atoms with van der Waals surface area (Å²) in [6, 6.07) is 5.57. The van der Waals surface area contributed by atoms with Crippen LogP contribution in [-0.2, 0) is 0 Å². The van der Waals surface area contributed by atoms with Crippen molar-refractivity contribution in [3.8, 4) is 0 Å². The third kappa shape index (κ3) is 3.87. The highest BCUT2D eigenvalue weighted by molar-refractivity contribution is 6.31. The Balaban J connectivity index is 2.29. The second-order valence-corrected chi connectivity index (χ2v) is 5.21. The van der Waals surface area contributed by atoms with Crippen LogP contribution < -0.4 is 21.9 Å². The van der Waals surface area contributed by atoms with E-state index in [0.717, 1.165) is 22.2 Å². The lowest BCUT2D eigenvalue weighted by molar-refractivity contribution is 0.856. The van der Waals surface area contributed by atoms with Gasteiger partial charge in [0.15, 0.2) is 0 Å². The minimum absolute atomic E-state index is 0.479.